The summed E-state index contributed by atoms with van der Waals surface area (Å²) in [5.74, 6) is -5.51. The average molecular weight is 608 g/mol. The number of ether oxygens (including phenoxy) is 2. The first-order chi connectivity index (χ1) is 18.1. The third-order valence-electron chi connectivity index (χ3n) is 5.28. The lowest BCUT2D eigenvalue weighted by atomic mass is 10.0. The van der Waals surface area contributed by atoms with Crippen LogP contribution in [-0.2, 0) is 32.2 Å². The molecule has 0 saturated carbocycles. The van der Waals surface area contributed by atoms with Crippen LogP contribution >= 0.6 is 22.7 Å². The molecule has 9 nitrogen and oxygen atoms in total. The number of halogens is 6. The third kappa shape index (κ3) is 11.8. The Hall–Kier alpha value is -2.31. The normalized spacial score (nSPS) is 20.8. The third-order valence-corrected chi connectivity index (χ3v) is 6.83. The zero-order valence-electron chi connectivity index (χ0n) is 20.6. The molecule has 0 radical (unpaired) electrons. The number of hydrogen-bond acceptors (Lipinski definition) is 9. The Morgan fingerprint density at radius 3 is 2.05 bits per heavy atom. The summed E-state index contributed by atoms with van der Waals surface area (Å²) in [6, 6.07) is 2.22. The van der Waals surface area contributed by atoms with E-state index >= 15 is 0 Å². The van der Waals surface area contributed by atoms with Crippen molar-refractivity contribution in [2.24, 2.45) is 0 Å². The van der Waals surface area contributed by atoms with Crippen molar-refractivity contribution >= 4 is 34.6 Å². The number of rotatable bonds is 4. The van der Waals surface area contributed by atoms with Crippen molar-refractivity contribution < 1.29 is 55.6 Å². The Bertz CT molecular complexity index is 1030. The Kier molecular flexibility index (Phi) is 12.1. The van der Waals surface area contributed by atoms with Crippen LogP contribution < -0.4 is 0 Å². The molecule has 2 aromatic heterocycles. The summed E-state index contributed by atoms with van der Waals surface area (Å²) in [6.07, 6.45) is -10.2. The van der Waals surface area contributed by atoms with Gasteiger partial charge in [0.15, 0.2) is 0 Å². The molecule has 39 heavy (non-hydrogen) atoms. The molecular weight excluding hydrogens is 580 g/mol. The van der Waals surface area contributed by atoms with Gasteiger partial charge < -0.3 is 19.7 Å². The molecule has 4 heterocycles. The van der Waals surface area contributed by atoms with Crippen LogP contribution in [0.1, 0.15) is 16.3 Å². The maximum Gasteiger partial charge on any atom is 0.490 e. The van der Waals surface area contributed by atoms with Gasteiger partial charge in [-0.05, 0) is 29.3 Å². The number of morpholine rings is 1. The van der Waals surface area contributed by atoms with Gasteiger partial charge in [0.2, 0.25) is 0 Å². The van der Waals surface area contributed by atoms with Gasteiger partial charge in [-0.1, -0.05) is 0 Å². The SMILES string of the molecule is Cc1nc(CN2CCOCC3(CN(Cc4ccsc4)CCO3)C2)cs1.O=C(O)C(F)(F)F.O=C(O)C(F)(F)F. The van der Waals surface area contributed by atoms with Gasteiger partial charge in [-0.2, -0.15) is 37.7 Å². The van der Waals surface area contributed by atoms with Gasteiger partial charge in [0.1, 0.15) is 5.60 Å². The van der Waals surface area contributed by atoms with E-state index in [0.717, 1.165) is 63.2 Å². The average Bonchev–Trinajstić information content (AvgIpc) is 3.43. The Morgan fingerprint density at radius 2 is 1.56 bits per heavy atom. The molecule has 2 N–H and O–H groups in total. The predicted molar refractivity (Wildman–Crippen MR) is 129 cm³/mol. The topological polar surface area (TPSA) is 112 Å². The van der Waals surface area contributed by atoms with Gasteiger partial charge in [0.25, 0.3) is 0 Å². The van der Waals surface area contributed by atoms with E-state index in [9.17, 15) is 26.3 Å². The highest BCUT2D eigenvalue weighted by Crippen LogP contribution is 2.25. The van der Waals surface area contributed by atoms with Crippen LogP contribution in [0.3, 0.4) is 0 Å². The fraction of sp³-hybridized carbons (Fsp3) is 0.591. The second-order valence-corrected chi connectivity index (χ2v) is 10.4. The van der Waals surface area contributed by atoms with E-state index in [4.69, 9.17) is 29.3 Å². The minimum absolute atomic E-state index is 0.226. The van der Waals surface area contributed by atoms with E-state index in [1.165, 1.54) is 5.56 Å². The highest BCUT2D eigenvalue weighted by atomic mass is 32.1. The molecule has 2 aromatic rings. The van der Waals surface area contributed by atoms with Gasteiger partial charge in [-0.15, -0.1) is 11.3 Å². The van der Waals surface area contributed by atoms with Crippen molar-refractivity contribution in [2.75, 3.05) is 46.0 Å². The first kappa shape index (κ1) is 32.9. The fourth-order valence-corrected chi connectivity index (χ4v) is 4.97. The predicted octanol–water partition coefficient (Wildman–Crippen LogP) is 3.88. The molecule has 1 atom stereocenters. The number of carboxylic acids is 2. The number of nitrogens with zero attached hydrogens (tertiary/aromatic N) is 3. The summed E-state index contributed by atoms with van der Waals surface area (Å²) in [6.45, 7) is 9.92. The molecule has 0 aliphatic carbocycles. The minimum Gasteiger partial charge on any atom is -0.475 e. The zero-order valence-corrected chi connectivity index (χ0v) is 22.3. The van der Waals surface area contributed by atoms with Crippen LogP contribution in [0.2, 0.25) is 0 Å². The Labute approximate surface area is 227 Å². The molecule has 220 valence electrons. The zero-order chi connectivity index (χ0) is 29.3. The maximum atomic E-state index is 10.6. The van der Waals surface area contributed by atoms with E-state index in [-0.39, 0.29) is 5.60 Å². The molecular formula is C22H27F6N3O6S2. The molecule has 0 amide bonds. The maximum absolute atomic E-state index is 10.6. The molecule has 2 aliphatic heterocycles. The number of aliphatic carboxylic acids is 2. The number of hydrogen-bond donors (Lipinski definition) is 2. The molecule has 1 spiro atoms. The van der Waals surface area contributed by atoms with Gasteiger partial charge in [0, 0.05) is 44.6 Å². The van der Waals surface area contributed by atoms with Crippen LogP contribution in [0.25, 0.3) is 0 Å². The summed E-state index contributed by atoms with van der Waals surface area (Å²) in [5, 5.41) is 21.9. The van der Waals surface area contributed by atoms with Crippen LogP contribution in [-0.4, -0.2) is 101 Å². The number of carbonyl (C=O) groups is 2. The molecule has 0 aromatic carbocycles. The summed E-state index contributed by atoms with van der Waals surface area (Å²) in [5.41, 5.74) is 2.33. The number of aryl methyl sites for hydroxylation is 1. The van der Waals surface area contributed by atoms with Gasteiger partial charge >= 0.3 is 24.3 Å². The van der Waals surface area contributed by atoms with Gasteiger partial charge in [-0.3, -0.25) is 9.80 Å². The molecule has 17 heteroatoms. The number of thiophene rings is 1. The van der Waals surface area contributed by atoms with Crippen molar-refractivity contribution in [3.63, 3.8) is 0 Å². The fourth-order valence-electron chi connectivity index (χ4n) is 3.71. The highest BCUT2D eigenvalue weighted by molar-refractivity contribution is 7.09. The second kappa shape index (κ2) is 14.4. The lowest BCUT2D eigenvalue weighted by molar-refractivity contribution is -0.193. The number of alkyl halides is 6. The minimum atomic E-state index is -5.08. The van der Waals surface area contributed by atoms with Crippen LogP contribution in [0, 0.1) is 6.92 Å². The first-order valence-corrected chi connectivity index (χ1v) is 13.1. The largest absolute Gasteiger partial charge is 0.490 e. The summed E-state index contributed by atoms with van der Waals surface area (Å²) in [4.78, 5) is 27.4. The number of aromatic nitrogens is 1. The Morgan fingerprint density at radius 1 is 1.00 bits per heavy atom. The number of thiazole rings is 1. The highest BCUT2D eigenvalue weighted by Gasteiger charge is 2.41. The van der Waals surface area contributed by atoms with Crippen molar-refractivity contribution in [3.05, 3.63) is 38.5 Å². The van der Waals surface area contributed by atoms with Crippen LogP contribution in [0.4, 0.5) is 26.3 Å². The second-order valence-electron chi connectivity index (χ2n) is 8.60. The van der Waals surface area contributed by atoms with E-state index in [1.807, 2.05) is 0 Å². The van der Waals surface area contributed by atoms with Crippen molar-refractivity contribution in [1.82, 2.24) is 14.8 Å². The van der Waals surface area contributed by atoms with Gasteiger partial charge in [0.05, 0.1) is 30.5 Å². The lowest BCUT2D eigenvalue weighted by Crippen LogP contribution is -2.58. The standard InChI is InChI=1S/C18H25N3O2S2.2C2HF3O2/c1-15-19-17(11-25-15)9-21-3-5-22-14-18(13-21)12-20(4-6-23-18)8-16-2-7-24-10-16;2*3-2(4,5)1(6)7/h2,7,10-11H,3-6,8-9,12-14H2,1H3;2*(H,6,7). The van der Waals surface area contributed by atoms with Crippen LogP contribution in [0.15, 0.2) is 22.2 Å². The monoisotopic (exact) mass is 607 g/mol. The summed E-state index contributed by atoms with van der Waals surface area (Å²) >= 11 is 3.49. The van der Waals surface area contributed by atoms with Gasteiger partial charge in [-0.25, -0.2) is 14.6 Å². The summed E-state index contributed by atoms with van der Waals surface area (Å²) in [7, 11) is 0. The lowest BCUT2D eigenvalue weighted by Gasteiger charge is -2.43. The van der Waals surface area contributed by atoms with Crippen molar-refractivity contribution in [3.8, 4) is 0 Å². The molecule has 0 bridgehead atoms. The van der Waals surface area contributed by atoms with E-state index in [1.54, 1.807) is 22.7 Å². The molecule has 2 fully saturated rings. The summed E-state index contributed by atoms with van der Waals surface area (Å²) < 4.78 is 75.7. The molecule has 2 saturated heterocycles. The number of carboxylic acid groups (broad SMARTS) is 2. The Balaban J connectivity index is 0.000000317. The smallest absolute Gasteiger partial charge is 0.475 e. The van der Waals surface area contributed by atoms with E-state index in [2.05, 4.69) is 43.9 Å². The van der Waals surface area contributed by atoms with E-state index < -0.39 is 24.3 Å². The van der Waals surface area contributed by atoms with Crippen LogP contribution in [0.5, 0.6) is 0 Å². The molecule has 1 unspecified atom stereocenters. The van der Waals surface area contributed by atoms with Crippen molar-refractivity contribution in [1.29, 1.82) is 0 Å². The quantitative estimate of drug-likeness (QED) is 0.500. The molecule has 2 aliphatic rings. The van der Waals surface area contributed by atoms with E-state index in [0.29, 0.717) is 6.61 Å². The first-order valence-electron chi connectivity index (χ1n) is 11.3. The molecule has 4 rings (SSSR count). The van der Waals surface area contributed by atoms with Crippen molar-refractivity contribution in [2.45, 2.75) is 38.0 Å².